The standard InChI is InChI=1S/C17H25N3O3S/c1-24(22,23)19-15-8-5-11-20(12-15)16(21)18-13-17(9-10-17)14-6-3-2-4-7-14/h2-4,6-7,15,19H,5,8-13H2,1H3,(H,18,21)/t15-/m1/s1. The quantitative estimate of drug-likeness (QED) is 0.843. The number of sulfonamides is 1. The van der Waals surface area contributed by atoms with Crippen LogP contribution in [0.15, 0.2) is 30.3 Å². The van der Waals surface area contributed by atoms with Crippen LogP contribution in [0.4, 0.5) is 4.79 Å². The average molecular weight is 351 g/mol. The molecule has 1 heterocycles. The molecule has 2 fully saturated rings. The first-order chi connectivity index (χ1) is 11.4. The van der Waals surface area contributed by atoms with Crippen LogP contribution in [-0.4, -0.2) is 51.3 Å². The number of nitrogens with zero attached hydrogens (tertiary/aromatic N) is 1. The number of amides is 2. The van der Waals surface area contributed by atoms with E-state index in [0.29, 0.717) is 19.6 Å². The van der Waals surface area contributed by atoms with Crippen LogP contribution < -0.4 is 10.0 Å². The van der Waals surface area contributed by atoms with Crippen LogP contribution in [0.2, 0.25) is 0 Å². The fourth-order valence-electron chi connectivity index (χ4n) is 3.43. The van der Waals surface area contributed by atoms with Crippen molar-refractivity contribution in [3.05, 3.63) is 35.9 Å². The summed E-state index contributed by atoms with van der Waals surface area (Å²) in [5, 5.41) is 3.05. The molecule has 3 rings (SSSR count). The third-order valence-corrected chi connectivity index (χ3v) is 5.67. The maximum Gasteiger partial charge on any atom is 0.317 e. The van der Waals surface area contributed by atoms with E-state index in [1.807, 2.05) is 18.2 Å². The predicted octanol–water partition coefficient (Wildman–Crippen LogP) is 1.44. The van der Waals surface area contributed by atoms with Gasteiger partial charge in [0.15, 0.2) is 0 Å². The van der Waals surface area contributed by atoms with Crippen molar-refractivity contribution in [2.45, 2.75) is 37.1 Å². The molecular weight excluding hydrogens is 326 g/mol. The Kier molecular flexibility index (Phi) is 4.83. The maximum atomic E-state index is 12.5. The molecule has 1 saturated carbocycles. The van der Waals surface area contributed by atoms with Crippen molar-refractivity contribution in [2.75, 3.05) is 25.9 Å². The molecular formula is C17H25N3O3S. The Hall–Kier alpha value is -1.60. The predicted molar refractivity (Wildman–Crippen MR) is 93.3 cm³/mol. The van der Waals surface area contributed by atoms with Gasteiger partial charge in [-0.15, -0.1) is 0 Å². The first-order valence-corrected chi connectivity index (χ1v) is 10.3. The summed E-state index contributed by atoms with van der Waals surface area (Å²) in [6.07, 6.45) is 4.92. The molecule has 1 atom stereocenters. The Morgan fingerprint density at radius 3 is 2.62 bits per heavy atom. The average Bonchev–Trinajstić information content (AvgIpc) is 3.33. The van der Waals surface area contributed by atoms with E-state index in [0.717, 1.165) is 31.9 Å². The minimum atomic E-state index is -3.24. The summed E-state index contributed by atoms with van der Waals surface area (Å²) < 4.78 is 25.3. The van der Waals surface area contributed by atoms with Crippen LogP contribution in [-0.2, 0) is 15.4 Å². The highest BCUT2D eigenvalue weighted by molar-refractivity contribution is 7.88. The lowest BCUT2D eigenvalue weighted by Crippen LogP contribution is -2.52. The van der Waals surface area contributed by atoms with Gasteiger partial charge in [0.05, 0.1) is 6.26 Å². The molecule has 2 aliphatic rings. The number of piperidine rings is 1. The Morgan fingerprint density at radius 1 is 1.29 bits per heavy atom. The largest absolute Gasteiger partial charge is 0.337 e. The van der Waals surface area contributed by atoms with Crippen molar-refractivity contribution in [3.63, 3.8) is 0 Å². The second kappa shape index (κ2) is 6.72. The minimum Gasteiger partial charge on any atom is -0.337 e. The highest BCUT2D eigenvalue weighted by Crippen LogP contribution is 2.47. The SMILES string of the molecule is CS(=O)(=O)N[C@@H]1CCCN(C(=O)NCC2(c3ccccc3)CC2)C1. The molecule has 132 valence electrons. The molecule has 2 N–H and O–H groups in total. The fourth-order valence-corrected chi connectivity index (χ4v) is 4.23. The molecule has 7 heteroatoms. The van der Waals surface area contributed by atoms with Crippen LogP contribution in [0.3, 0.4) is 0 Å². The van der Waals surface area contributed by atoms with Crippen molar-refractivity contribution in [1.29, 1.82) is 0 Å². The molecule has 1 aliphatic carbocycles. The van der Waals surface area contributed by atoms with Gasteiger partial charge in [0.2, 0.25) is 10.0 Å². The van der Waals surface area contributed by atoms with Crippen LogP contribution in [0.1, 0.15) is 31.2 Å². The van der Waals surface area contributed by atoms with Crippen LogP contribution >= 0.6 is 0 Å². The Balaban J connectivity index is 1.54. The zero-order chi connectivity index (χ0) is 17.2. The third-order valence-electron chi connectivity index (χ3n) is 4.91. The summed E-state index contributed by atoms with van der Waals surface area (Å²) in [6.45, 7) is 1.74. The summed E-state index contributed by atoms with van der Waals surface area (Å²) >= 11 is 0. The van der Waals surface area contributed by atoms with Crippen molar-refractivity contribution < 1.29 is 13.2 Å². The molecule has 2 amide bonds. The number of likely N-dealkylation sites (tertiary alicyclic amines) is 1. The lowest BCUT2D eigenvalue weighted by molar-refractivity contribution is 0.176. The molecule has 0 spiro atoms. The number of hydrogen-bond donors (Lipinski definition) is 2. The van der Waals surface area contributed by atoms with Gasteiger partial charge in [0.25, 0.3) is 0 Å². The minimum absolute atomic E-state index is 0.0805. The van der Waals surface area contributed by atoms with E-state index in [2.05, 4.69) is 22.2 Å². The number of carbonyl (C=O) groups excluding carboxylic acids is 1. The molecule has 0 bridgehead atoms. The van der Waals surface area contributed by atoms with Crippen molar-refractivity contribution >= 4 is 16.1 Å². The molecule has 1 aromatic rings. The highest BCUT2D eigenvalue weighted by atomic mass is 32.2. The molecule has 0 radical (unpaired) electrons. The number of hydrogen-bond acceptors (Lipinski definition) is 3. The summed E-state index contributed by atoms with van der Waals surface area (Å²) in [4.78, 5) is 14.2. The fraction of sp³-hybridized carbons (Fsp3) is 0.588. The van der Waals surface area contributed by atoms with Gasteiger partial charge >= 0.3 is 6.03 Å². The monoisotopic (exact) mass is 351 g/mol. The number of benzene rings is 1. The number of rotatable bonds is 5. The van der Waals surface area contributed by atoms with Gasteiger partial charge in [-0.05, 0) is 31.2 Å². The van der Waals surface area contributed by atoms with Gasteiger partial charge in [-0.1, -0.05) is 30.3 Å². The molecule has 1 aliphatic heterocycles. The van der Waals surface area contributed by atoms with Crippen molar-refractivity contribution in [2.24, 2.45) is 0 Å². The molecule has 6 nitrogen and oxygen atoms in total. The molecule has 1 aromatic carbocycles. The highest BCUT2D eigenvalue weighted by Gasteiger charge is 2.44. The van der Waals surface area contributed by atoms with E-state index in [4.69, 9.17) is 0 Å². The number of nitrogens with one attached hydrogen (secondary N) is 2. The first-order valence-electron chi connectivity index (χ1n) is 8.44. The summed E-state index contributed by atoms with van der Waals surface area (Å²) in [5.41, 5.74) is 1.36. The lowest BCUT2D eigenvalue weighted by atomic mass is 9.96. The van der Waals surface area contributed by atoms with E-state index in [1.165, 1.54) is 5.56 Å². The van der Waals surface area contributed by atoms with Crippen LogP contribution in [0, 0.1) is 0 Å². The lowest BCUT2D eigenvalue weighted by Gasteiger charge is -2.33. The number of urea groups is 1. The molecule has 1 saturated heterocycles. The normalized spacial score (nSPS) is 22.9. The van der Waals surface area contributed by atoms with E-state index < -0.39 is 10.0 Å². The third kappa shape index (κ3) is 4.27. The van der Waals surface area contributed by atoms with Gasteiger partial charge in [-0.25, -0.2) is 17.9 Å². The zero-order valence-corrected chi connectivity index (χ0v) is 14.8. The molecule has 24 heavy (non-hydrogen) atoms. The van der Waals surface area contributed by atoms with Crippen molar-refractivity contribution in [3.8, 4) is 0 Å². The van der Waals surface area contributed by atoms with Gasteiger partial charge < -0.3 is 10.2 Å². The van der Waals surface area contributed by atoms with Crippen LogP contribution in [0.5, 0.6) is 0 Å². The molecule has 0 aromatic heterocycles. The van der Waals surface area contributed by atoms with E-state index >= 15 is 0 Å². The van der Waals surface area contributed by atoms with E-state index in [-0.39, 0.29) is 17.5 Å². The summed E-state index contributed by atoms with van der Waals surface area (Å²) in [7, 11) is -3.24. The summed E-state index contributed by atoms with van der Waals surface area (Å²) in [5.74, 6) is 0. The summed E-state index contributed by atoms with van der Waals surface area (Å²) in [6, 6.07) is 10.0. The van der Waals surface area contributed by atoms with Gasteiger partial charge in [0, 0.05) is 31.1 Å². The Morgan fingerprint density at radius 2 is 2.00 bits per heavy atom. The van der Waals surface area contributed by atoms with Gasteiger partial charge in [-0.3, -0.25) is 0 Å². The second-order valence-electron chi connectivity index (χ2n) is 6.98. The zero-order valence-electron chi connectivity index (χ0n) is 14.0. The Labute approximate surface area is 143 Å². The van der Waals surface area contributed by atoms with Crippen molar-refractivity contribution in [1.82, 2.24) is 14.9 Å². The Bertz CT molecular complexity index is 686. The first kappa shape index (κ1) is 17.2. The number of carbonyl (C=O) groups is 1. The maximum absolute atomic E-state index is 12.5. The molecule has 0 unspecified atom stereocenters. The van der Waals surface area contributed by atoms with E-state index in [1.54, 1.807) is 4.90 Å². The van der Waals surface area contributed by atoms with Crippen LogP contribution in [0.25, 0.3) is 0 Å². The topological polar surface area (TPSA) is 78.5 Å². The second-order valence-corrected chi connectivity index (χ2v) is 8.76. The van der Waals surface area contributed by atoms with Gasteiger partial charge in [0.1, 0.15) is 0 Å². The smallest absolute Gasteiger partial charge is 0.317 e. The van der Waals surface area contributed by atoms with Gasteiger partial charge in [-0.2, -0.15) is 0 Å². The van der Waals surface area contributed by atoms with E-state index in [9.17, 15) is 13.2 Å².